The first kappa shape index (κ1) is 21.0. The van der Waals surface area contributed by atoms with Gasteiger partial charge in [0.2, 0.25) is 0 Å². The van der Waals surface area contributed by atoms with Gasteiger partial charge in [-0.2, -0.15) is 0 Å². The fourth-order valence-corrected chi connectivity index (χ4v) is 3.27. The third-order valence-electron chi connectivity index (χ3n) is 4.30. The fourth-order valence-electron chi connectivity index (χ4n) is 2.92. The van der Waals surface area contributed by atoms with E-state index in [9.17, 15) is 9.18 Å². The minimum Gasteiger partial charge on any atom is -0.478 e. The lowest BCUT2D eigenvalue weighted by atomic mass is 10.0. The van der Waals surface area contributed by atoms with E-state index in [1.165, 1.54) is 6.07 Å². The van der Waals surface area contributed by atoms with Crippen LogP contribution in [0.25, 0.3) is 0 Å². The number of carbonyl (C=O) groups is 1. The molecule has 3 rings (SSSR count). The molecule has 1 fully saturated rings. The van der Waals surface area contributed by atoms with Gasteiger partial charge in [-0.15, -0.1) is 0 Å². The summed E-state index contributed by atoms with van der Waals surface area (Å²) in [5.41, 5.74) is 0.403. The largest absolute Gasteiger partial charge is 0.478 e. The van der Waals surface area contributed by atoms with Gasteiger partial charge in [0.05, 0.1) is 4.47 Å². The van der Waals surface area contributed by atoms with Crippen molar-refractivity contribution < 1.29 is 28.2 Å². The lowest BCUT2D eigenvalue weighted by Crippen LogP contribution is -2.37. The van der Waals surface area contributed by atoms with E-state index < -0.39 is 23.5 Å². The molecule has 1 aliphatic heterocycles. The molecule has 0 bridgehead atoms. The van der Waals surface area contributed by atoms with Crippen molar-refractivity contribution in [1.29, 1.82) is 0 Å². The maximum atomic E-state index is 14.3. The standard InChI is InChI=1S/C20H25BrFNO5/c1-5-25-16-10-26-23-17(16)12-8-13(21)14(22)9-15(12)27-18(11-6-7-11)19(24)28-20(2,3)4/h8-9,11,16,18H,5-7,10H2,1-4H3. The summed E-state index contributed by atoms with van der Waals surface area (Å²) in [6.07, 6.45) is 0.547. The van der Waals surface area contributed by atoms with Crippen LogP contribution in [0, 0.1) is 11.7 Å². The molecule has 28 heavy (non-hydrogen) atoms. The number of ether oxygens (including phenoxy) is 3. The van der Waals surface area contributed by atoms with Crippen LogP contribution in [0.4, 0.5) is 4.39 Å². The van der Waals surface area contributed by atoms with E-state index in [-0.39, 0.29) is 28.9 Å². The topological polar surface area (TPSA) is 66.3 Å². The molecule has 1 aromatic rings. The molecule has 2 atom stereocenters. The third-order valence-corrected chi connectivity index (χ3v) is 4.91. The van der Waals surface area contributed by atoms with Crippen LogP contribution >= 0.6 is 15.9 Å². The monoisotopic (exact) mass is 457 g/mol. The quantitative estimate of drug-likeness (QED) is 0.573. The molecule has 8 heteroatoms. The minimum absolute atomic E-state index is 0.0545. The predicted molar refractivity (Wildman–Crippen MR) is 105 cm³/mol. The van der Waals surface area contributed by atoms with Crippen LogP contribution in [0.3, 0.4) is 0 Å². The number of hydrogen-bond acceptors (Lipinski definition) is 6. The second-order valence-electron chi connectivity index (χ2n) is 7.89. The number of rotatable bonds is 7. The van der Waals surface area contributed by atoms with Crippen molar-refractivity contribution in [2.75, 3.05) is 13.2 Å². The summed E-state index contributed by atoms with van der Waals surface area (Å²) >= 11 is 3.20. The first-order valence-electron chi connectivity index (χ1n) is 9.40. The normalized spacial score (nSPS) is 20.4. The molecule has 6 nitrogen and oxygen atoms in total. The van der Waals surface area contributed by atoms with E-state index in [0.29, 0.717) is 17.9 Å². The number of halogens is 2. The van der Waals surface area contributed by atoms with Gasteiger partial charge in [0.25, 0.3) is 0 Å². The highest BCUT2D eigenvalue weighted by atomic mass is 79.9. The Balaban J connectivity index is 1.92. The van der Waals surface area contributed by atoms with Crippen LogP contribution in [0.15, 0.2) is 21.8 Å². The highest BCUT2D eigenvalue weighted by Gasteiger charge is 2.41. The van der Waals surface area contributed by atoms with E-state index >= 15 is 0 Å². The van der Waals surface area contributed by atoms with E-state index in [0.717, 1.165) is 12.8 Å². The zero-order valence-electron chi connectivity index (χ0n) is 16.5. The molecule has 0 N–H and O–H groups in total. The first-order chi connectivity index (χ1) is 13.2. The lowest BCUT2D eigenvalue weighted by molar-refractivity contribution is -0.164. The molecule has 0 amide bonds. The van der Waals surface area contributed by atoms with Gasteiger partial charge in [0.1, 0.15) is 35.6 Å². The van der Waals surface area contributed by atoms with Crippen molar-refractivity contribution in [1.82, 2.24) is 0 Å². The van der Waals surface area contributed by atoms with Crippen molar-refractivity contribution in [3.63, 3.8) is 0 Å². The first-order valence-corrected chi connectivity index (χ1v) is 10.2. The van der Waals surface area contributed by atoms with Crippen LogP contribution in [0.5, 0.6) is 5.75 Å². The molecule has 0 aromatic heterocycles. The van der Waals surface area contributed by atoms with Crippen molar-refractivity contribution >= 4 is 27.6 Å². The van der Waals surface area contributed by atoms with Gasteiger partial charge in [-0.25, -0.2) is 9.18 Å². The van der Waals surface area contributed by atoms with E-state index in [2.05, 4.69) is 21.1 Å². The number of carbonyl (C=O) groups excluding carboxylic acids is 1. The van der Waals surface area contributed by atoms with Crippen LogP contribution in [-0.4, -0.2) is 42.7 Å². The number of hydrogen-bond donors (Lipinski definition) is 0. The van der Waals surface area contributed by atoms with E-state index in [4.69, 9.17) is 19.0 Å². The molecule has 1 heterocycles. The number of esters is 1. The Labute approximate surface area is 172 Å². The summed E-state index contributed by atoms with van der Waals surface area (Å²) < 4.78 is 31.7. The fraction of sp³-hybridized carbons (Fsp3) is 0.600. The number of nitrogens with zero attached hydrogens (tertiary/aromatic N) is 1. The van der Waals surface area contributed by atoms with Crippen molar-refractivity contribution in [2.45, 2.75) is 58.3 Å². The molecule has 1 saturated carbocycles. The summed E-state index contributed by atoms with van der Waals surface area (Å²) in [5.74, 6) is -0.670. The van der Waals surface area contributed by atoms with Gasteiger partial charge < -0.3 is 19.0 Å². The molecule has 1 aliphatic carbocycles. The summed E-state index contributed by atoms with van der Waals surface area (Å²) in [4.78, 5) is 17.9. The summed E-state index contributed by atoms with van der Waals surface area (Å²) in [6.45, 7) is 8.04. The van der Waals surface area contributed by atoms with Gasteiger partial charge in [-0.1, -0.05) is 5.16 Å². The van der Waals surface area contributed by atoms with Crippen molar-refractivity contribution in [3.8, 4) is 5.75 Å². The van der Waals surface area contributed by atoms with Gasteiger partial charge in [0, 0.05) is 24.2 Å². The Morgan fingerprint density at radius 1 is 1.39 bits per heavy atom. The predicted octanol–water partition coefficient (Wildman–Crippen LogP) is 4.23. The van der Waals surface area contributed by atoms with E-state index in [1.807, 2.05) is 6.92 Å². The van der Waals surface area contributed by atoms with Crippen molar-refractivity contribution in [2.24, 2.45) is 11.1 Å². The molecular weight excluding hydrogens is 433 g/mol. The minimum atomic E-state index is -0.799. The highest BCUT2D eigenvalue weighted by Crippen LogP contribution is 2.38. The van der Waals surface area contributed by atoms with E-state index in [1.54, 1.807) is 26.8 Å². The molecule has 0 spiro atoms. The highest BCUT2D eigenvalue weighted by molar-refractivity contribution is 9.10. The maximum absolute atomic E-state index is 14.3. The van der Waals surface area contributed by atoms with Crippen LogP contribution < -0.4 is 4.74 Å². The third kappa shape index (κ3) is 5.03. The second kappa shape index (κ2) is 8.37. The number of benzene rings is 1. The maximum Gasteiger partial charge on any atom is 0.348 e. The SMILES string of the molecule is CCOC1CON=C1c1cc(Br)c(F)cc1OC(C(=O)OC(C)(C)C)C1CC1. The smallest absolute Gasteiger partial charge is 0.348 e. The summed E-state index contributed by atoms with van der Waals surface area (Å²) in [6, 6.07) is 2.83. The Kier molecular flexibility index (Phi) is 6.29. The van der Waals surface area contributed by atoms with Crippen LogP contribution in [-0.2, 0) is 19.1 Å². The summed E-state index contributed by atoms with van der Waals surface area (Å²) in [7, 11) is 0. The zero-order chi connectivity index (χ0) is 20.5. The second-order valence-corrected chi connectivity index (χ2v) is 8.74. The molecule has 0 radical (unpaired) electrons. The number of oxime groups is 1. The average molecular weight is 458 g/mol. The van der Waals surface area contributed by atoms with Crippen molar-refractivity contribution in [3.05, 3.63) is 28.0 Å². The molecule has 0 saturated heterocycles. The van der Waals surface area contributed by atoms with Gasteiger partial charge in [-0.05, 0) is 62.5 Å². The van der Waals surface area contributed by atoms with Crippen LogP contribution in [0.1, 0.15) is 46.1 Å². The molecule has 2 aliphatic rings. The Morgan fingerprint density at radius 3 is 2.71 bits per heavy atom. The Hall–Kier alpha value is -1.67. The molecular formula is C20H25BrFNO5. The summed E-state index contributed by atoms with van der Waals surface area (Å²) in [5, 5.41) is 4.06. The van der Waals surface area contributed by atoms with Crippen LogP contribution in [0.2, 0.25) is 0 Å². The van der Waals surface area contributed by atoms with Gasteiger partial charge in [0.15, 0.2) is 6.10 Å². The lowest BCUT2D eigenvalue weighted by Gasteiger charge is -2.25. The zero-order valence-corrected chi connectivity index (χ0v) is 18.0. The molecule has 2 unspecified atom stereocenters. The van der Waals surface area contributed by atoms with Gasteiger partial charge >= 0.3 is 5.97 Å². The Bertz CT molecular complexity index is 773. The van der Waals surface area contributed by atoms with Gasteiger partial charge in [-0.3, -0.25) is 0 Å². The molecule has 1 aromatic carbocycles. The molecule has 154 valence electrons. The average Bonchev–Trinajstić information content (AvgIpc) is 3.33. The Morgan fingerprint density at radius 2 is 2.11 bits per heavy atom.